The molecule has 0 bridgehead atoms. The highest BCUT2D eigenvalue weighted by molar-refractivity contribution is 5.89. The average Bonchev–Trinajstić information content (AvgIpc) is 2.64. The lowest BCUT2D eigenvalue weighted by Gasteiger charge is -2.39. The summed E-state index contributed by atoms with van der Waals surface area (Å²) in [5, 5.41) is 9.21. The van der Waals surface area contributed by atoms with Crippen LogP contribution in [0.1, 0.15) is 18.4 Å². The zero-order valence-corrected chi connectivity index (χ0v) is 14.0. The molecule has 2 fully saturated rings. The van der Waals surface area contributed by atoms with Gasteiger partial charge in [-0.3, -0.25) is 14.4 Å². The number of amides is 2. The van der Waals surface area contributed by atoms with E-state index in [0.717, 1.165) is 5.56 Å². The van der Waals surface area contributed by atoms with Crippen LogP contribution in [0.3, 0.4) is 0 Å². The van der Waals surface area contributed by atoms with E-state index in [0.29, 0.717) is 25.9 Å². The lowest BCUT2D eigenvalue weighted by Crippen LogP contribution is -2.58. The highest BCUT2D eigenvalue weighted by Crippen LogP contribution is 2.21. The summed E-state index contributed by atoms with van der Waals surface area (Å²) in [5.74, 6) is -1.87. The molecule has 0 saturated carbocycles. The molecule has 1 aromatic rings. The minimum atomic E-state index is -0.880. The van der Waals surface area contributed by atoms with E-state index in [1.165, 1.54) is 0 Å². The number of benzene rings is 1. The molecule has 7 nitrogen and oxygen atoms in total. The topological polar surface area (TPSA) is 87.1 Å². The number of likely N-dealkylation sites (tertiary alicyclic amines) is 1. The van der Waals surface area contributed by atoms with E-state index in [1.54, 1.807) is 9.80 Å². The largest absolute Gasteiger partial charge is 0.481 e. The van der Waals surface area contributed by atoms with Gasteiger partial charge >= 0.3 is 5.97 Å². The molecule has 2 aliphatic heterocycles. The third-order valence-electron chi connectivity index (χ3n) is 4.76. The van der Waals surface area contributed by atoms with Crippen molar-refractivity contribution >= 4 is 17.8 Å². The molecule has 2 saturated heterocycles. The second kappa shape index (κ2) is 7.65. The zero-order valence-electron chi connectivity index (χ0n) is 14.0. The maximum Gasteiger partial charge on any atom is 0.308 e. The smallest absolute Gasteiger partial charge is 0.308 e. The number of carbonyl (C=O) groups is 3. The summed E-state index contributed by atoms with van der Waals surface area (Å²) >= 11 is 0. The van der Waals surface area contributed by atoms with Crippen LogP contribution in [0.15, 0.2) is 30.3 Å². The first kappa shape index (κ1) is 17.4. The van der Waals surface area contributed by atoms with Gasteiger partial charge in [0.05, 0.1) is 12.5 Å². The Hall–Kier alpha value is -2.41. The van der Waals surface area contributed by atoms with E-state index in [-0.39, 0.29) is 31.6 Å². The van der Waals surface area contributed by atoms with Gasteiger partial charge in [-0.1, -0.05) is 30.3 Å². The Morgan fingerprint density at radius 3 is 2.72 bits per heavy atom. The molecule has 7 heteroatoms. The van der Waals surface area contributed by atoms with E-state index in [1.807, 2.05) is 30.3 Å². The van der Waals surface area contributed by atoms with Crippen LogP contribution in [0.25, 0.3) is 0 Å². The quantitative estimate of drug-likeness (QED) is 0.869. The summed E-state index contributed by atoms with van der Waals surface area (Å²) < 4.78 is 5.29. The molecule has 0 radical (unpaired) electrons. The first-order valence-electron chi connectivity index (χ1n) is 8.49. The fraction of sp³-hybridized carbons (Fsp3) is 0.500. The van der Waals surface area contributed by atoms with E-state index < -0.39 is 17.9 Å². The number of carboxylic acids is 1. The van der Waals surface area contributed by atoms with Gasteiger partial charge < -0.3 is 19.6 Å². The van der Waals surface area contributed by atoms with Gasteiger partial charge in [0.15, 0.2) is 0 Å². The molecular weight excluding hydrogens is 324 g/mol. The number of carboxylic acid groups (broad SMARTS) is 1. The molecule has 3 rings (SSSR count). The van der Waals surface area contributed by atoms with Gasteiger partial charge in [-0.05, 0) is 18.4 Å². The standard InChI is InChI=1S/C18H22N2O5/c21-16-12-25-11-15(20(16)9-13-5-2-1-3-6-13)17(22)19-8-4-7-14(10-19)18(23)24/h1-3,5-6,14-15H,4,7-12H2,(H,23,24)/t14?,15-/m1/s1. The van der Waals surface area contributed by atoms with E-state index in [2.05, 4.69) is 0 Å². The first-order valence-corrected chi connectivity index (χ1v) is 8.49. The van der Waals surface area contributed by atoms with Crippen molar-refractivity contribution in [1.29, 1.82) is 0 Å². The lowest BCUT2D eigenvalue weighted by atomic mass is 9.97. The lowest BCUT2D eigenvalue weighted by molar-refractivity contribution is -0.161. The van der Waals surface area contributed by atoms with Gasteiger partial charge in [-0.2, -0.15) is 0 Å². The van der Waals surface area contributed by atoms with Crippen molar-refractivity contribution in [3.05, 3.63) is 35.9 Å². The number of hydrogen-bond acceptors (Lipinski definition) is 4. The Labute approximate surface area is 146 Å². The molecule has 1 unspecified atom stereocenters. The first-order chi connectivity index (χ1) is 12.1. The van der Waals surface area contributed by atoms with Gasteiger partial charge in [0.2, 0.25) is 11.8 Å². The molecular formula is C18H22N2O5. The molecule has 0 aliphatic carbocycles. The minimum absolute atomic E-state index is 0.0334. The zero-order chi connectivity index (χ0) is 17.8. The van der Waals surface area contributed by atoms with Crippen molar-refractivity contribution in [3.63, 3.8) is 0 Å². The summed E-state index contributed by atoms with van der Waals surface area (Å²) in [6, 6.07) is 8.79. The summed E-state index contributed by atoms with van der Waals surface area (Å²) in [6.07, 6.45) is 1.23. The molecule has 1 N–H and O–H groups in total. The van der Waals surface area contributed by atoms with Crippen LogP contribution in [0.4, 0.5) is 0 Å². The third kappa shape index (κ3) is 3.99. The fourth-order valence-electron chi connectivity index (χ4n) is 3.38. The van der Waals surface area contributed by atoms with Crippen molar-refractivity contribution in [2.24, 2.45) is 5.92 Å². The summed E-state index contributed by atoms with van der Waals surface area (Å²) in [4.78, 5) is 39.6. The maximum atomic E-state index is 12.9. The molecule has 2 aliphatic rings. The average molecular weight is 346 g/mol. The predicted octanol–water partition coefficient (Wildman–Crippen LogP) is 0.737. The van der Waals surface area contributed by atoms with Crippen LogP contribution >= 0.6 is 0 Å². The van der Waals surface area contributed by atoms with Crippen LogP contribution in [-0.2, 0) is 25.7 Å². The maximum absolute atomic E-state index is 12.9. The molecule has 0 spiro atoms. The number of morpholine rings is 1. The normalized spacial score (nSPS) is 24.2. The summed E-state index contributed by atoms with van der Waals surface area (Å²) in [7, 11) is 0. The summed E-state index contributed by atoms with van der Waals surface area (Å²) in [5.41, 5.74) is 0.942. The highest BCUT2D eigenvalue weighted by Gasteiger charge is 2.38. The molecule has 1 aromatic carbocycles. The van der Waals surface area contributed by atoms with Gasteiger partial charge in [0, 0.05) is 19.6 Å². The van der Waals surface area contributed by atoms with Gasteiger partial charge in [-0.25, -0.2) is 0 Å². The van der Waals surface area contributed by atoms with Gasteiger partial charge in [-0.15, -0.1) is 0 Å². The Morgan fingerprint density at radius 1 is 1.24 bits per heavy atom. The highest BCUT2D eigenvalue weighted by atomic mass is 16.5. The second-order valence-electron chi connectivity index (χ2n) is 6.50. The summed E-state index contributed by atoms with van der Waals surface area (Å²) in [6.45, 7) is 1.17. The molecule has 25 heavy (non-hydrogen) atoms. The number of rotatable bonds is 4. The second-order valence-corrected chi connectivity index (χ2v) is 6.50. The number of nitrogens with zero attached hydrogens (tertiary/aromatic N) is 2. The molecule has 2 amide bonds. The van der Waals surface area contributed by atoms with Crippen LogP contribution in [0, 0.1) is 5.92 Å². The van der Waals surface area contributed by atoms with E-state index in [9.17, 15) is 19.5 Å². The number of carbonyl (C=O) groups excluding carboxylic acids is 2. The van der Waals surface area contributed by atoms with Crippen molar-refractivity contribution in [3.8, 4) is 0 Å². The number of hydrogen-bond donors (Lipinski definition) is 1. The molecule has 0 aromatic heterocycles. The minimum Gasteiger partial charge on any atom is -0.481 e. The predicted molar refractivity (Wildman–Crippen MR) is 88.5 cm³/mol. The Kier molecular flexibility index (Phi) is 5.33. The Bertz CT molecular complexity index is 648. The monoisotopic (exact) mass is 346 g/mol. The van der Waals surface area contributed by atoms with Crippen LogP contribution in [0.5, 0.6) is 0 Å². The van der Waals surface area contributed by atoms with Crippen LogP contribution in [0.2, 0.25) is 0 Å². The van der Waals surface area contributed by atoms with E-state index >= 15 is 0 Å². The van der Waals surface area contributed by atoms with Gasteiger partial charge in [0.1, 0.15) is 12.6 Å². The fourth-order valence-corrected chi connectivity index (χ4v) is 3.38. The molecule has 134 valence electrons. The molecule has 2 heterocycles. The van der Waals surface area contributed by atoms with Crippen molar-refractivity contribution in [2.75, 3.05) is 26.3 Å². The number of aliphatic carboxylic acids is 1. The third-order valence-corrected chi connectivity index (χ3v) is 4.76. The Balaban J connectivity index is 1.74. The van der Waals surface area contributed by atoms with Crippen molar-refractivity contribution in [2.45, 2.75) is 25.4 Å². The van der Waals surface area contributed by atoms with Crippen LogP contribution < -0.4 is 0 Å². The number of piperidine rings is 1. The SMILES string of the molecule is O=C(O)C1CCCN(C(=O)[C@H]2COCC(=O)N2Cc2ccccc2)C1. The van der Waals surface area contributed by atoms with Crippen LogP contribution in [-0.4, -0.2) is 65.0 Å². The van der Waals surface area contributed by atoms with Crippen molar-refractivity contribution < 1.29 is 24.2 Å². The number of ether oxygens (including phenoxy) is 1. The van der Waals surface area contributed by atoms with Crippen molar-refractivity contribution in [1.82, 2.24) is 9.80 Å². The Morgan fingerprint density at radius 2 is 2.00 bits per heavy atom. The van der Waals surface area contributed by atoms with E-state index in [4.69, 9.17) is 4.74 Å². The molecule has 2 atom stereocenters. The van der Waals surface area contributed by atoms with Gasteiger partial charge in [0.25, 0.3) is 0 Å².